The highest BCUT2D eigenvalue weighted by molar-refractivity contribution is 7.09. The van der Waals surface area contributed by atoms with Crippen LogP contribution in [0, 0.1) is 0 Å². The second-order valence-corrected chi connectivity index (χ2v) is 5.50. The molecule has 0 saturated heterocycles. The number of nitrogens with zero attached hydrogens (tertiary/aromatic N) is 1. The molecule has 0 radical (unpaired) electrons. The SMILES string of the molecule is CCC(NC(=O)CCC(C)N)c1nc(C(F)(F)F)cs1.Cl. The van der Waals surface area contributed by atoms with E-state index in [-0.39, 0.29) is 35.8 Å². The minimum absolute atomic E-state index is 0. The van der Waals surface area contributed by atoms with Gasteiger partial charge >= 0.3 is 6.18 Å². The molecule has 1 aromatic heterocycles. The van der Waals surface area contributed by atoms with Crippen LogP contribution in [-0.4, -0.2) is 16.9 Å². The van der Waals surface area contributed by atoms with Gasteiger partial charge in [0.05, 0.1) is 6.04 Å². The largest absolute Gasteiger partial charge is 0.434 e. The maximum absolute atomic E-state index is 12.5. The molecular weight excluding hydrogens is 327 g/mol. The van der Waals surface area contributed by atoms with E-state index in [4.69, 9.17) is 5.73 Å². The monoisotopic (exact) mass is 345 g/mol. The Labute approximate surface area is 131 Å². The van der Waals surface area contributed by atoms with Gasteiger partial charge in [-0.25, -0.2) is 4.98 Å². The molecule has 21 heavy (non-hydrogen) atoms. The molecule has 1 heterocycles. The van der Waals surface area contributed by atoms with Crippen molar-refractivity contribution in [1.82, 2.24) is 10.3 Å². The molecule has 2 atom stereocenters. The molecule has 0 saturated carbocycles. The minimum Gasteiger partial charge on any atom is -0.347 e. The third kappa shape index (κ3) is 6.62. The Morgan fingerprint density at radius 1 is 1.52 bits per heavy atom. The first-order chi connectivity index (χ1) is 9.24. The van der Waals surface area contributed by atoms with Gasteiger partial charge in [-0.3, -0.25) is 4.79 Å². The van der Waals surface area contributed by atoms with E-state index >= 15 is 0 Å². The standard InChI is InChI=1S/C12H18F3N3OS.ClH/c1-3-8(17-10(19)5-4-7(2)16)11-18-9(6-20-11)12(13,14)15;/h6-8H,3-5,16H2,1-2H3,(H,17,19);1H. The Morgan fingerprint density at radius 3 is 2.57 bits per heavy atom. The minimum atomic E-state index is -4.45. The van der Waals surface area contributed by atoms with Gasteiger partial charge in [0.25, 0.3) is 0 Å². The summed E-state index contributed by atoms with van der Waals surface area (Å²) in [6.45, 7) is 3.58. The van der Waals surface area contributed by atoms with Crippen molar-refractivity contribution in [2.45, 2.75) is 51.4 Å². The van der Waals surface area contributed by atoms with E-state index in [1.165, 1.54) is 0 Å². The lowest BCUT2D eigenvalue weighted by atomic mass is 10.1. The number of thiazole rings is 1. The topological polar surface area (TPSA) is 68.0 Å². The molecule has 0 spiro atoms. The number of hydrogen-bond donors (Lipinski definition) is 2. The first-order valence-corrected chi connectivity index (χ1v) is 7.19. The van der Waals surface area contributed by atoms with Gasteiger partial charge in [-0.05, 0) is 19.8 Å². The molecule has 2 unspecified atom stereocenters. The molecule has 1 rings (SSSR count). The number of rotatable bonds is 6. The van der Waals surface area contributed by atoms with Crippen molar-refractivity contribution < 1.29 is 18.0 Å². The first kappa shape index (κ1) is 20.1. The van der Waals surface area contributed by atoms with Crippen LogP contribution in [0.4, 0.5) is 13.2 Å². The van der Waals surface area contributed by atoms with E-state index in [0.29, 0.717) is 12.8 Å². The summed E-state index contributed by atoms with van der Waals surface area (Å²) in [5.74, 6) is -0.224. The molecule has 122 valence electrons. The molecule has 0 aliphatic heterocycles. The van der Waals surface area contributed by atoms with Gasteiger partial charge in [0.2, 0.25) is 5.91 Å². The van der Waals surface area contributed by atoms with Crippen molar-refractivity contribution in [3.8, 4) is 0 Å². The smallest absolute Gasteiger partial charge is 0.347 e. The van der Waals surface area contributed by atoms with E-state index in [9.17, 15) is 18.0 Å². The van der Waals surface area contributed by atoms with Crippen LogP contribution in [0.2, 0.25) is 0 Å². The molecule has 9 heteroatoms. The fourth-order valence-corrected chi connectivity index (χ4v) is 2.50. The second kappa shape index (κ2) is 8.55. The first-order valence-electron chi connectivity index (χ1n) is 6.31. The van der Waals surface area contributed by atoms with Crippen molar-refractivity contribution in [1.29, 1.82) is 0 Å². The zero-order valence-electron chi connectivity index (χ0n) is 11.7. The molecule has 0 aliphatic rings. The third-order valence-electron chi connectivity index (χ3n) is 2.68. The molecule has 1 amide bonds. The second-order valence-electron chi connectivity index (χ2n) is 4.61. The van der Waals surface area contributed by atoms with E-state index < -0.39 is 17.9 Å². The Kier molecular flexibility index (Phi) is 8.20. The van der Waals surface area contributed by atoms with Gasteiger partial charge in [0.15, 0.2) is 5.69 Å². The summed E-state index contributed by atoms with van der Waals surface area (Å²) in [5, 5.41) is 3.93. The molecule has 4 nitrogen and oxygen atoms in total. The van der Waals surface area contributed by atoms with Crippen LogP contribution in [0.5, 0.6) is 0 Å². The molecule has 1 aromatic rings. The number of carbonyl (C=O) groups is 1. The number of nitrogens with two attached hydrogens (primary N) is 1. The number of carbonyl (C=O) groups excluding carboxylic acids is 1. The number of halogens is 4. The van der Waals surface area contributed by atoms with E-state index in [2.05, 4.69) is 10.3 Å². The molecule has 0 fully saturated rings. The summed E-state index contributed by atoms with van der Waals surface area (Å²) in [6, 6.07) is -0.575. The quantitative estimate of drug-likeness (QED) is 0.831. The lowest BCUT2D eigenvalue weighted by Gasteiger charge is -2.15. The zero-order chi connectivity index (χ0) is 15.3. The highest BCUT2D eigenvalue weighted by Crippen LogP contribution is 2.32. The highest BCUT2D eigenvalue weighted by Gasteiger charge is 2.34. The number of alkyl halides is 3. The summed E-state index contributed by atoms with van der Waals surface area (Å²) in [6.07, 6.45) is -3.18. The van der Waals surface area contributed by atoms with Crippen LogP contribution >= 0.6 is 23.7 Å². The van der Waals surface area contributed by atoms with Crippen molar-refractivity contribution in [2.24, 2.45) is 5.73 Å². The molecule has 0 aromatic carbocycles. The van der Waals surface area contributed by atoms with Crippen LogP contribution in [0.25, 0.3) is 0 Å². The van der Waals surface area contributed by atoms with Crippen LogP contribution < -0.4 is 11.1 Å². The highest BCUT2D eigenvalue weighted by atomic mass is 35.5. The normalized spacial score (nSPS) is 14.2. The lowest BCUT2D eigenvalue weighted by molar-refractivity contribution is -0.140. The Morgan fingerprint density at radius 2 is 2.14 bits per heavy atom. The summed E-state index contributed by atoms with van der Waals surface area (Å²) in [7, 11) is 0. The van der Waals surface area contributed by atoms with Crippen LogP contribution in [0.15, 0.2) is 5.38 Å². The average molecular weight is 346 g/mol. The maximum Gasteiger partial charge on any atom is 0.434 e. The van der Waals surface area contributed by atoms with Gasteiger partial charge in [-0.1, -0.05) is 6.92 Å². The van der Waals surface area contributed by atoms with Gasteiger partial charge in [-0.15, -0.1) is 23.7 Å². The zero-order valence-corrected chi connectivity index (χ0v) is 13.4. The number of nitrogens with one attached hydrogen (secondary N) is 1. The summed E-state index contributed by atoms with van der Waals surface area (Å²) < 4.78 is 37.5. The average Bonchev–Trinajstić information content (AvgIpc) is 2.82. The molecule has 0 bridgehead atoms. The van der Waals surface area contributed by atoms with Crippen molar-refractivity contribution in [3.05, 3.63) is 16.1 Å². The molecular formula is C12H19ClF3N3OS. The predicted octanol–water partition coefficient (Wildman–Crippen LogP) is 3.28. The van der Waals surface area contributed by atoms with E-state index in [1.54, 1.807) is 13.8 Å². The summed E-state index contributed by atoms with van der Waals surface area (Å²) in [4.78, 5) is 15.2. The van der Waals surface area contributed by atoms with Crippen molar-refractivity contribution in [3.63, 3.8) is 0 Å². The number of aromatic nitrogens is 1. The lowest BCUT2D eigenvalue weighted by Crippen LogP contribution is -2.29. The molecule has 3 N–H and O–H groups in total. The fourth-order valence-electron chi connectivity index (χ4n) is 1.54. The number of amides is 1. The summed E-state index contributed by atoms with van der Waals surface area (Å²) in [5.41, 5.74) is 4.64. The van der Waals surface area contributed by atoms with Gasteiger partial charge in [0, 0.05) is 17.8 Å². The predicted molar refractivity (Wildman–Crippen MR) is 78.4 cm³/mol. The van der Waals surface area contributed by atoms with Crippen LogP contribution in [0.3, 0.4) is 0 Å². The number of hydrogen-bond acceptors (Lipinski definition) is 4. The third-order valence-corrected chi connectivity index (χ3v) is 3.64. The van der Waals surface area contributed by atoms with Crippen LogP contribution in [-0.2, 0) is 11.0 Å². The summed E-state index contributed by atoms with van der Waals surface area (Å²) >= 11 is 0.905. The Balaban J connectivity index is 0.00000400. The molecule has 0 aliphatic carbocycles. The van der Waals surface area contributed by atoms with Crippen LogP contribution in [0.1, 0.15) is 49.9 Å². The Bertz CT molecular complexity index is 451. The van der Waals surface area contributed by atoms with Gasteiger partial charge in [-0.2, -0.15) is 13.2 Å². The van der Waals surface area contributed by atoms with Crippen molar-refractivity contribution in [2.75, 3.05) is 0 Å². The maximum atomic E-state index is 12.5. The fraction of sp³-hybridized carbons (Fsp3) is 0.667. The van der Waals surface area contributed by atoms with E-state index in [0.717, 1.165) is 16.7 Å². The van der Waals surface area contributed by atoms with Gasteiger partial charge < -0.3 is 11.1 Å². The Hall–Kier alpha value is -0.860. The van der Waals surface area contributed by atoms with E-state index in [1.807, 2.05) is 0 Å². The van der Waals surface area contributed by atoms with Crippen molar-refractivity contribution >= 4 is 29.7 Å². The van der Waals surface area contributed by atoms with Gasteiger partial charge in [0.1, 0.15) is 5.01 Å².